The molecular weight excluding hydrogens is 164 g/mol. The van der Waals surface area contributed by atoms with Gasteiger partial charge >= 0.3 is 5.97 Å². The lowest BCUT2D eigenvalue weighted by molar-refractivity contribution is -0.134. The molecule has 0 N–H and O–H groups in total. The van der Waals surface area contributed by atoms with Gasteiger partial charge in [-0.2, -0.15) is 0 Å². The molecule has 2 nitrogen and oxygen atoms in total. The highest BCUT2D eigenvalue weighted by Crippen LogP contribution is 2.13. The zero-order valence-electron chi connectivity index (χ0n) is 8.04. The molecule has 0 radical (unpaired) electrons. The summed E-state index contributed by atoms with van der Waals surface area (Å²) in [6, 6.07) is 7.50. The van der Waals surface area contributed by atoms with Crippen LogP contribution in [0.5, 0.6) is 5.75 Å². The van der Waals surface area contributed by atoms with Crippen LogP contribution < -0.4 is 4.74 Å². The van der Waals surface area contributed by atoms with Gasteiger partial charge in [0.25, 0.3) is 0 Å². The van der Waals surface area contributed by atoms with E-state index in [1.807, 2.05) is 32.0 Å². The number of esters is 1. The van der Waals surface area contributed by atoms with Crippen LogP contribution >= 0.6 is 0 Å². The summed E-state index contributed by atoms with van der Waals surface area (Å²) in [5, 5.41) is 0. The Morgan fingerprint density at radius 1 is 1.46 bits per heavy atom. The van der Waals surface area contributed by atoms with Crippen LogP contribution in [0.15, 0.2) is 24.3 Å². The number of aryl methyl sites for hydroxylation is 1. The molecule has 0 unspecified atom stereocenters. The van der Waals surface area contributed by atoms with E-state index in [1.54, 1.807) is 6.07 Å². The molecule has 1 rings (SSSR count). The minimum atomic E-state index is -0.159. The molecule has 0 bridgehead atoms. The first-order valence-corrected chi connectivity index (χ1v) is 4.49. The SMILES string of the molecule is CCCC(=O)Oc1cccc(C)c1. The number of carbonyl (C=O) groups is 1. The zero-order valence-corrected chi connectivity index (χ0v) is 8.04. The third kappa shape index (κ3) is 3.28. The summed E-state index contributed by atoms with van der Waals surface area (Å²) in [7, 11) is 0. The Morgan fingerprint density at radius 3 is 2.85 bits per heavy atom. The van der Waals surface area contributed by atoms with E-state index in [4.69, 9.17) is 4.74 Å². The predicted octanol–water partition coefficient (Wildman–Crippen LogP) is 2.70. The Labute approximate surface area is 78.5 Å². The van der Waals surface area contributed by atoms with E-state index in [0.29, 0.717) is 12.2 Å². The molecule has 0 fully saturated rings. The predicted molar refractivity (Wildman–Crippen MR) is 51.7 cm³/mol. The van der Waals surface area contributed by atoms with E-state index in [0.717, 1.165) is 12.0 Å². The van der Waals surface area contributed by atoms with Crippen LogP contribution in [0.25, 0.3) is 0 Å². The summed E-state index contributed by atoms with van der Waals surface area (Å²) in [6.45, 7) is 3.93. The van der Waals surface area contributed by atoms with Crippen LogP contribution in [0.3, 0.4) is 0 Å². The molecule has 0 amide bonds. The van der Waals surface area contributed by atoms with E-state index in [1.165, 1.54) is 0 Å². The minimum absolute atomic E-state index is 0.159. The van der Waals surface area contributed by atoms with Crippen LogP contribution in [0, 0.1) is 6.92 Å². The third-order valence-corrected chi connectivity index (χ3v) is 1.68. The standard InChI is InChI=1S/C11H14O2/c1-3-5-11(12)13-10-7-4-6-9(2)8-10/h4,6-8H,3,5H2,1-2H3. The van der Waals surface area contributed by atoms with Crippen molar-refractivity contribution < 1.29 is 9.53 Å². The number of benzene rings is 1. The zero-order chi connectivity index (χ0) is 9.68. The van der Waals surface area contributed by atoms with Crippen molar-refractivity contribution in [1.82, 2.24) is 0 Å². The fraction of sp³-hybridized carbons (Fsp3) is 0.364. The number of hydrogen-bond donors (Lipinski definition) is 0. The molecule has 0 saturated heterocycles. The number of ether oxygens (including phenoxy) is 1. The first-order chi connectivity index (χ1) is 6.22. The van der Waals surface area contributed by atoms with Gasteiger partial charge in [0, 0.05) is 6.42 Å². The third-order valence-electron chi connectivity index (χ3n) is 1.68. The van der Waals surface area contributed by atoms with Gasteiger partial charge in [0.1, 0.15) is 5.75 Å². The van der Waals surface area contributed by atoms with Gasteiger partial charge in [-0.15, -0.1) is 0 Å². The second-order valence-electron chi connectivity index (χ2n) is 3.04. The van der Waals surface area contributed by atoms with Gasteiger partial charge in [-0.1, -0.05) is 19.1 Å². The second kappa shape index (κ2) is 4.65. The van der Waals surface area contributed by atoms with Crippen LogP contribution in [0.4, 0.5) is 0 Å². The first kappa shape index (κ1) is 9.78. The van der Waals surface area contributed by atoms with Gasteiger partial charge < -0.3 is 4.74 Å². The van der Waals surface area contributed by atoms with Crippen molar-refractivity contribution >= 4 is 5.97 Å². The maximum absolute atomic E-state index is 11.1. The van der Waals surface area contributed by atoms with E-state index in [-0.39, 0.29) is 5.97 Å². The maximum Gasteiger partial charge on any atom is 0.311 e. The van der Waals surface area contributed by atoms with Crippen molar-refractivity contribution in [2.75, 3.05) is 0 Å². The van der Waals surface area contributed by atoms with Crippen molar-refractivity contribution in [2.24, 2.45) is 0 Å². The van der Waals surface area contributed by atoms with Gasteiger partial charge in [0.2, 0.25) is 0 Å². The molecular formula is C11H14O2. The highest BCUT2D eigenvalue weighted by Gasteiger charge is 2.02. The molecule has 0 saturated carbocycles. The lowest BCUT2D eigenvalue weighted by Gasteiger charge is -2.03. The quantitative estimate of drug-likeness (QED) is 0.525. The van der Waals surface area contributed by atoms with Gasteiger partial charge in [-0.3, -0.25) is 4.79 Å². The summed E-state index contributed by atoms with van der Waals surface area (Å²) in [5.74, 6) is 0.478. The molecule has 0 heterocycles. The number of carbonyl (C=O) groups excluding carboxylic acids is 1. The van der Waals surface area contributed by atoms with Crippen molar-refractivity contribution in [3.05, 3.63) is 29.8 Å². The van der Waals surface area contributed by atoms with Crippen molar-refractivity contribution in [1.29, 1.82) is 0 Å². The summed E-state index contributed by atoms with van der Waals surface area (Å²) in [4.78, 5) is 11.1. The fourth-order valence-corrected chi connectivity index (χ4v) is 1.07. The van der Waals surface area contributed by atoms with E-state index in [2.05, 4.69) is 0 Å². The largest absolute Gasteiger partial charge is 0.427 e. The lowest BCUT2D eigenvalue weighted by Crippen LogP contribution is -2.06. The number of rotatable bonds is 3. The average molecular weight is 178 g/mol. The molecule has 0 aliphatic carbocycles. The molecule has 0 aliphatic heterocycles. The van der Waals surface area contributed by atoms with Crippen LogP contribution in [-0.2, 0) is 4.79 Å². The summed E-state index contributed by atoms with van der Waals surface area (Å²) < 4.78 is 5.10. The topological polar surface area (TPSA) is 26.3 Å². The molecule has 13 heavy (non-hydrogen) atoms. The molecule has 1 aromatic carbocycles. The van der Waals surface area contributed by atoms with Crippen molar-refractivity contribution in [2.45, 2.75) is 26.7 Å². The monoisotopic (exact) mass is 178 g/mol. The van der Waals surface area contributed by atoms with E-state index < -0.39 is 0 Å². The number of hydrogen-bond acceptors (Lipinski definition) is 2. The summed E-state index contributed by atoms with van der Waals surface area (Å²) in [6.07, 6.45) is 1.30. The first-order valence-electron chi connectivity index (χ1n) is 4.49. The van der Waals surface area contributed by atoms with Crippen LogP contribution in [0.1, 0.15) is 25.3 Å². The minimum Gasteiger partial charge on any atom is -0.427 e. The van der Waals surface area contributed by atoms with E-state index >= 15 is 0 Å². The maximum atomic E-state index is 11.1. The Balaban J connectivity index is 2.58. The Morgan fingerprint density at radius 2 is 2.23 bits per heavy atom. The van der Waals surface area contributed by atoms with E-state index in [9.17, 15) is 4.79 Å². The lowest BCUT2D eigenvalue weighted by atomic mass is 10.2. The second-order valence-corrected chi connectivity index (χ2v) is 3.04. The molecule has 0 aliphatic rings. The molecule has 0 spiro atoms. The summed E-state index contributed by atoms with van der Waals surface area (Å²) >= 11 is 0. The Kier molecular flexibility index (Phi) is 3.50. The van der Waals surface area contributed by atoms with Crippen molar-refractivity contribution in [3.63, 3.8) is 0 Å². The van der Waals surface area contributed by atoms with Gasteiger partial charge in [0.15, 0.2) is 0 Å². The highest BCUT2D eigenvalue weighted by atomic mass is 16.5. The Hall–Kier alpha value is -1.31. The van der Waals surface area contributed by atoms with Gasteiger partial charge in [0.05, 0.1) is 0 Å². The van der Waals surface area contributed by atoms with Gasteiger partial charge in [-0.05, 0) is 31.0 Å². The van der Waals surface area contributed by atoms with Crippen LogP contribution in [-0.4, -0.2) is 5.97 Å². The molecule has 0 atom stereocenters. The van der Waals surface area contributed by atoms with Crippen LogP contribution in [0.2, 0.25) is 0 Å². The molecule has 1 aromatic rings. The van der Waals surface area contributed by atoms with Gasteiger partial charge in [-0.25, -0.2) is 0 Å². The summed E-state index contributed by atoms with van der Waals surface area (Å²) in [5.41, 5.74) is 1.10. The fourth-order valence-electron chi connectivity index (χ4n) is 1.07. The normalized spacial score (nSPS) is 9.69. The average Bonchev–Trinajstić information content (AvgIpc) is 2.04. The molecule has 0 aromatic heterocycles. The highest BCUT2D eigenvalue weighted by molar-refractivity contribution is 5.72. The molecule has 70 valence electrons. The molecule has 2 heteroatoms. The smallest absolute Gasteiger partial charge is 0.311 e. The van der Waals surface area contributed by atoms with Crippen molar-refractivity contribution in [3.8, 4) is 5.75 Å². The Bertz CT molecular complexity index is 292.